The molecule has 1 aromatic carbocycles. The van der Waals surface area contributed by atoms with Gasteiger partial charge in [0.1, 0.15) is 5.82 Å². The number of para-hydroxylation sites is 1. The van der Waals surface area contributed by atoms with Crippen LogP contribution in [0.25, 0.3) is 0 Å². The molecule has 19 heavy (non-hydrogen) atoms. The molecule has 0 aliphatic heterocycles. The molecule has 0 unspecified atom stereocenters. The third-order valence-electron chi connectivity index (χ3n) is 2.61. The number of benzene rings is 1. The Kier molecular flexibility index (Phi) is 3.70. The van der Waals surface area contributed by atoms with Crippen molar-refractivity contribution in [2.75, 3.05) is 11.4 Å². The van der Waals surface area contributed by atoms with E-state index in [1.807, 2.05) is 6.92 Å². The number of halogens is 1. The standard InChI is InChI=1S/C13H12FN3O2/c1-2-17(11-6-4-3-5-9(11)14)12-8-7-10(13(18)19)15-16-12/h3-8H,2H2,1H3,(H,18,19). The van der Waals surface area contributed by atoms with Crippen molar-refractivity contribution in [3.05, 3.63) is 47.9 Å². The molecule has 0 radical (unpaired) electrons. The van der Waals surface area contributed by atoms with Crippen LogP contribution in [0, 0.1) is 5.82 Å². The van der Waals surface area contributed by atoms with Gasteiger partial charge in [-0.2, -0.15) is 0 Å². The van der Waals surface area contributed by atoms with Gasteiger partial charge in [-0.15, -0.1) is 10.2 Å². The second-order valence-corrected chi connectivity index (χ2v) is 3.78. The van der Waals surface area contributed by atoms with Crippen LogP contribution in [0.1, 0.15) is 17.4 Å². The highest BCUT2D eigenvalue weighted by molar-refractivity contribution is 5.85. The molecule has 0 atom stereocenters. The molecule has 2 aromatic rings. The van der Waals surface area contributed by atoms with Gasteiger partial charge < -0.3 is 10.0 Å². The Morgan fingerprint density at radius 2 is 2.00 bits per heavy atom. The van der Waals surface area contributed by atoms with Gasteiger partial charge in [0.2, 0.25) is 0 Å². The highest BCUT2D eigenvalue weighted by Crippen LogP contribution is 2.25. The second kappa shape index (κ2) is 5.43. The smallest absolute Gasteiger partial charge is 0.356 e. The molecule has 0 aliphatic carbocycles. The van der Waals surface area contributed by atoms with Gasteiger partial charge in [0.25, 0.3) is 0 Å². The van der Waals surface area contributed by atoms with Gasteiger partial charge in [-0.25, -0.2) is 9.18 Å². The topological polar surface area (TPSA) is 66.3 Å². The number of rotatable bonds is 4. The van der Waals surface area contributed by atoms with Crippen molar-refractivity contribution < 1.29 is 14.3 Å². The minimum atomic E-state index is -1.15. The van der Waals surface area contributed by atoms with Crippen LogP contribution >= 0.6 is 0 Å². The summed E-state index contributed by atoms with van der Waals surface area (Å²) in [7, 11) is 0. The molecule has 0 saturated carbocycles. The Morgan fingerprint density at radius 1 is 1.26 bits per heavy atom. The fourth-order valence-electron chi connectivity index (χ4n) is 1.71. The van der Waals surface area contributed by atoms with Crippen LogP contribution in [0.15, 0.2) is 36.4 Å². The van der Waals surface area contributed by atoms with Gasteiger partial charge in [-0.1, -0.05) is 12.1 Å². The van der Waals surface area contributed by atoms with E-state index in [4.69, 9.17) is 5.11 Å². The predicted octanol–water partition coefficient (Wildman–Crippen LogP) is 2.47. The van der Waals surface area contributed by atoms with Crippen LogP contribution in [-0.2, 0) is 0 Å². The number of nitrogens with zero attached hydrogens (tertiary/aromatic N) is 3. The molecule has 0 aliphatic rings. The highest BCUT2D eigenvalue weighted by Gasteiger charge is 2.14. The maximum Gasteiger partial charge on any atom is 0.356 e. The Labute approximate surface area is 109 Å². The van der Waals surface area contributed by atoms with Crippen LogP contribution in [0.3, 0.4) is 0 Å². The summed E-state index contributed by atoms with van der Waals surface area (Å²) in [6.45, 7) is 2.33. The maximum absolute atomic E-state index is 13.7. The molecular weight excluding hydrogens is 249 g/mol. The lowest BCUT2D eigenvalue weighted by molar-refractivity contribution is 0.0689. The fraction of sp³-hybridized carbons (Fsp3) is 0.154. The Balaban J connectivity index is 2.37. The lowest BCUT2D eigenvalue weighted by Gasteiger charge is -2.21. The fourth-order valence-corrected chi connectivity index (χ4v) is 1.71. The van der Waals surface area contributed by atoms with E-state index in [-0.39, 0.29) is 11.5 Å². The first-order chi connectivity index (χ1) is 9.13. The lowest BCUT2D eigenvalue weighted by Crippen LogP contribution is -2.19. The summed E-state index contributed by atoms with van der Waals surface area (Å²) >= 11 is 0. The van der Waals surface area contributed by atoms with Crippen LogP contribution < -0.4 is 4.90 Å². The summed E-state index contributed by atoms with van der Waals surface area (Å²) in [6, 6.07) is 9.16. The van der Waals surface area contributed by atoms with Crippen molar-refractivity contribution in [3.63, 3.8) is 0 Å². The SMILES string of the molecule is CCN(c1ccc(C(=O)O)nn1)c1ccccc1F. The monoisotopic (exact) mass is 261 g/mol. The Hall–Kier alpha value is -2.50. The lowest BCUT2D eigenvalue weighted by atomic mass is 10.2. The molecule has 1 aromatic heterocycles. The number of anilines is 2. The van der Waals surface area contributed by atoms with Crippen molar-refractivity contribution >= 4 is 17.5 Å². The number of carboxylic acid groups (broad SMARTS) is 1. The first kappa shape index (κ1) is 12.9. The summed E-state index contributed by atoms with van der Waals surface area (Å²) in [5, 5.41) is 16.2. The van der Waals surface area contributed by atoms with Crippen LogP contribution in [0.4, 0.5) is 15.9 Å². The van der Waals surface area contributed by atoms with E-state index in [1.165, 1.54) is 18.2 Å². The van der Waals surface area contributed by atoms with Gasteiger partial charge in [-0.3, -0.25) is 0 Å². The molecule has 0 fully saturated rings. The molecule has 0 saturated heterocycles. The third kappa shape index (κ3) is 2.67. The van der Waals surface area contributed by atoms with E-state index < -0.39 is 5.97 Å². The summed E-state index contributed by atoms with van der Waals surface area (Å²) < 4.78 is 13.7. The van der Waals surface area contributed by atoms with Crippen LogP contribution in [0.2, 0.25) is 0 Å². The average Bonchev–Trinajstić information content (AvgIpc) is 2.42. The average molecular weight is 261 g/mol. The highest BCUT2D eigenvalue weighted by atomic mass is 19.1. The van der Waals surface area contributed by atoms with Gasteiger partial charge in [0, 0.05) is 6.54 Å². The molecule has 0 spiro atoms. The quantitative estimate of drug-likeness (QED) is 0.915. The van der Waals surface area contributed by atoms with Gasteiger partial charge in [-0.05, 0) is 31.2 Å². The van der Waals surface area contributed by atoms with Crippen molar-refractivity contribution in [3.8, 4) is 0 Å². The first-order valence-electron chi connectivity index (χ1n) is 5.72. The summed E-state index contributed by atoms with van der Waals surface area (Å²) in [5.74, 6) is -1.11. The molecule has 5 nitrogen and oxygen atoms in total. The zero-order valence-corrected chi connectivity index (χ0v) is 10.2. The zero-order chi connectivity index (χ0) is 13.8. The van der Waals surface area contributed by atoms with E-state index in [0.29, 0.717) is 18.1 Å². The van der Waals surface area contributed by atoms with Crippen molar-refractivity contribution in [2.45, 2.75) is 6.92 Å². The van der Waals surface area contributed by atoms with Crippen molar-refractivity contribution in [1.29, 1.82) is 0 Å². The number of carboxylic acids is 1. The number of aromatic nitrogens is 2. The summed E-state index contributed by atoms with van der Waals surface area (Å²) in [4.78, 5) is 12.3. The second-order valence-electron chi connectivity index (χ2n) is 3.78. The minimum Gasteiger partial charge on any atom is -0.476 e. The van der Waals surface area contributed by atoms with Crippen molar-refractivity contribution in [2.24, 2.45) is 0 Å². The van der Waals surface area contributed by atoms with E-state index in [0.717, 1.165) is 0 Å². The molecule has 98 valence electrons. The van der Waals surface area contributed by atoms with E-state index >= 15 is 0 Å². The zero-order valence-electron chi connectivity index (χ0n) is 10.2. The molecule has 1 heterocycles. The van der Waals surface area contributed by atoms with Gasteiger partial charge in [0.05, 0.1) is 5.69 Å². The molecule has 6 heteroatoms. The first-order valence-corrected chi connectivity index (χ1v) is 5.72. The van der Waals surface area contributed by atoms with Gasteiger partial charge >= 0.3 is 5.97 Å². The Bertz CT molecular complexity index is 587. The molecule has 0 amide bonds. The van der Waals surface area contributed by atoms with Gasteiger partial charge in [0.15, 0.2) is 11.5 Å². The van der Waals surface area contributed by atoms with E-state index in [1.54, 1.807) is 23.1 Å². The number of hydrogen-bond acceptors (Lipinski definition) is 4. The third-order valence-corrected chi connectivity index (χ3v) is 2.61. The molecular formula is C13H12FN3O2. The minimum absolute atomic E-state index is 0.145. The van der Waals surface area contributed by atoms with Crippen LogP contribution in [0.5, 0.6) is 0 Å². The largest absolute Gasteiger partial charge is 0.476 e. The summed E-state index contributed by atoms with van der Waals surface area (Å²) in [6.07, 6.45) is 0. The normalized spacial score (nSPS) is 10.2. The number of carbonyl (C=O) groups is 1. The predicted molar refractivity (Wildman–Crippen MR) is 68.1 cm³/mol. The summed E-state index contributed by atoms with van der Waals surface area (Å²) in [5.41, 5.74) is 0.232. The van der Waals surface area contributed by atoms with Crippen LogP contribution in [-0.4, -0.2) is 27.8 Å². The maximum atomic E-state index is 13.7. The van der Waals surface area contributed by atoms with E-state index in [2.05, 4.69) is 10.2 Å². The van der Waals surface area contributed by atoms with Crippen molar-refractivity contribution in [1.82, 2.24) is 10.2 Å². The molecule has 0 bridgehead atoms. The Morgan fingerprint density at radius 3 is 2.53 bits per heavy atom. The molecule has 1 N–H and O–H groups in total. The van der Waals surface area contributed by atoms with E-state index in [9.17, 15) is 9.18 Å². The molecule has 2 rings (SSSR count). The number of hydrogen-bond donors (Lipinski definition) is 1. The number of aromatic carboxylic acids is 1.